The normalized spacial score (nSPS) is 10.6. The molecule has 0 aliphatic heterocycles. The highest BCUT2D eigenvalue weighted by molar-refractivity contribution is 5.78. The number of hydrogen-bond acceptors (Lipinski definition) is 7. The Labute approximate surface area is 140 Å². The van der Waals surface area contributed by atoms with Crippen molar-refractivity contribution in [3.05, 3.63) is 36.4 Å². The number of halogens is 1. The van der Waals surface area contributed by atoms with Gasteiger partial charge in [-0.2, -0.15) is 0 Å². The van der Waals surface area contributed by atoms with Gasteiger partial charge < -0.3 is 25.4 Å². The summed E-state index contributed by atoms with van der Waals surface area (Å²) in [4.78, 5) is 10.3. The number of methoxy groups -OCH3 is 2. The molecular formula is C16H22FN5O2. The summed E-state index contributed by atoms with van der Waals surface area (Å²) in [7, 11) is 3.26. The number of nitrogens with one attached hydrogen (secondary N) is 1. The first-order valence-electron chi connectivity index (χ1n) is 7.52. The van der Waals surface area contributed by atoms with Crippen molar-refractivity contribution in [2.75, 3.05) is 56.5 Å². The van der Waals surface area contributed by atoms with Gasteiger partial charge in [-0.25, -0.2) is 14.4 Å². The molecule has 0 radical (unpaired) electrons. The summed E-state index contributed by atoms with van der Waals surface area (Å²) in [5.74, 6) is 0.524. The van der Waals surface area contributed by atoms with Crippen LogP contribution in [-0.4, -0.2) is 50.5 Å². The van der Waals surface area contributed by atoms with E-state index in [0.29, 0.717) is 49.3 Å². The zero-order chi connectivity index (χ0) is 17.4. The van der Waals surface area contributed by atoms with Crippen molar-refractivity contribution in [1.82, 2.24) is 9.97 Å². The average Bonchev–Trinajstić information content (AvgIpc) is 2.59. The third kappa shape index (κ3) is 4.53. The van der Waals surface area contributed by atoms with Gasteiger partial charge in [0.1, 0.15) is 17.8 Å². The second-order valence-corrected chi connectivity index (χ2v) is 5.04. The third-order valence-corrected chi connectivity index (χ3v) is 3.42. The molecule has 2 rings (SSSR count). The van der Waals surface area contributed by atoms with Crippen LogP contribution in [0.15, 0.2) is 30.6 Å². The average molecular weight is 335 g/mol. The Morgan fingerprint density at radius 1 is 1.12 bits per heavy atom. The third-order valence-electron chi connectivity index (χ3n) is 3.42. The van der Waals surface area contributed by atoms with Gasteiger partial charge in [0.05, 0.1) is 18.9 Å². The van der Waals surface area contributed by atoms with Gasteiger partial charge in [-0.1, -0.05) is 12.1 Å². The van der Waals surface area contributed by atoms with Gasteiger partial charge >= 0.3 is 0 Å². The Hall–Kier alpha value is -2.45. The highest BCUT2D eigenvalue weighted by Gasteiger charge is 2.16. The van der Waals surface area contributed by atoms with Gasteiger partial charge in [0.15, 0.2) is 11.6 Å². The number of aromatic nitrogens is 2. The van der Waals surface area contributed by atoms with Crippen LogP contribution in [-0.2, 0) is 9.47 Å². The predicted molar refractivity (Wildman–Crippen MR) is 92.1 cm³/mol. The molecule has 0 fully saturated rings. The monoisotopic (exact) mass is 335 g/mol. The minimum Gasteiger partial charge on any atom is -0.393 e. The number of hydrogen-bond donors (Lipinski definition) is 2. The maximum Gasteiger partial charge on any atom is 0.159 e. The minimum absolute atomic E-state index is 0.300. The lowest BCUT2D eigenvalue weighted by molar-refractivity contribution is 0.190. The van der Waals surface area contributed by atoms with Crippen molar-refractivity contribution in [2.24, 2.45) is 0 Å². The molecule has 2 aromatic rings. The van der Waals surface area contributed by atoms with Crippen LogP contribution in [0, 0.1) is 5.82 Å². The lowest BCUT2D eigenvalue weighted by Gasteiger charge is -2.25. The number of nitrogens with zero attached hydrogens (tertiary/aromatic N) is 3. The molecule has 3 N–H and O–H groups in total. The van der Waals surface area contributed by atoms with E-state index in [1.165, 1.54) is 12.4 Å². The van der Waals surface area contributed by atoms with E-state index in [-0.39, 0.29) is 5.82 Å². The fraction of sp³-hybridized carbons (Fsp3) is 0.375. The number of benzene rings is 1. The van der Waals surface area contributed by atoms with Gasteiger partial charge in [0, 0.05) is 27.3 Å². The number of ether oxygens (including phenoxy) is 2. The van der Waals surface area contributed by atoms with E-state index in [2.05, 4.69) is 15.3 Å². The summed E-state index contributed by atoms with van der Waals surface area (Å²) in [6, 6.07) is 6.33. The smallest absolute Gasteiger partial charge is 0.159 e. The zero-order valence-electron chi connectivity index (χ0n) is 13.8. The molecule has 1 aromatic heterocycles. The van der Waals surface area contributed by atoms with E-state index >= 15 is 0 Å². The van der Waals surface area contributed by atoms with Gasteiger partial charge in [-0.15, -0.1) is 0 Å². The summed E-state index contributed by atoms with van der Waals surface area (Å²) in [5.41, 5.74) is 6.83. The molecule has 0 aliphatic carbocycles. The quantitative estimate of drug-likeness (QED) is 0.725. The molecule has 1 heterocycles. The molecule has 0 amide bonds. The van der Waals surface area contributed by atoms with E-state index in [1.807, 2.05) is 4.90 Å². The Kier molecular flexibility index (Phi) is 6.71. The minimum atomic E-state index is -0.382. The molecule has 7 nitrogen and oxygen atoms in total. The van der Waals surface area contributed by atoms with Crippen molar-refractivity contribution in [3.8, 4) is 0 Å². The van der Waals surface area contributed by atoms with Crippen LogP contribution in [0.1, 0.15) is 0 Å². The molecule has 8 heteroatoms. The SMILES string of the molecule is COCCN(CCOC)c1ncnc(Nc2ccccc2F)c1N. The lowest BCUT2D eigenvalue weighted by atomic mass is 10.3. The highest BCUT2D eigenvalue weighted by atomic mass is 19.1. The van der Waals surface area contributed by atoms with Gasteiger partial charge in [-0.3, -0.25) is 0 Å². The summed E-state index contributed by atoms with van der Waals surface area (Å²) >= 11 is 0. The van der Waals surface area contributed by atoms with Crippen molar-refractivity contribution in [2.45, 2.75) is 0 Å². The Morgan fingerprint density at radius 3 is 2.42 bits per heavy atom. The van der Waals surface area contributed by atoms with Gasteiger partial charge in [0.2, 0.25) is 0 Å². The maximum absolute atomic E-state index is 13.8. The topological polar surface area (TPSA) is 85.5 Å². The molecule has 0 aliphatic rings. The van der Waals surface area contributed by atoms with Crippen molar-refractivity contribution < 1.29 is 13.9 Å². The molecule has 0 unspecified atom stereocenters. The van der Waals surface area contributed by atoms with Crippen molar-refractivity contribution in [1.29, 1.82) is 0 Å². The first-order valence-corrected chi connectivity index (χ1v) is 7.52. The van der Waals surface area contributed by atoms with E-state index in [4.69, 9.17) is 15.2 Å². The number of rotatable bonds is 9. The fourth-order valence-electron chi connectivity index (χ4n) is 2.15. The van der Waals surface area contributed by atoms with Crippen LogP contribution in [0.25, 0.3) is 0 Å². The highest BCUT2D eigenvalue weighted by Crippen LogP contribution is 2.29. The second kappa shape index (κ2) is 8.99. The zero-order valence-corrected chi connectivity index (χ0v) is 13.8. The molecule has 0 spiro atoms. The van der Waals surface area contributed by atoms with Crippen LogP contribution in [0.3, 0.4) is 0 Å². The first kappa shape index (κ1) is 17.9. The Bertz CT molecular complexity index is 648. The maximum atomic E-state index is 13.8. The largest absolute Gasteiger partial charge is 0.393 e. The van der Waals surface area contributed by atoms with Crippen LogP contribution < -0.4 is 16.0 Å². The van der Waals surface area contributed by atoms with Gasteiger partial charge in [-0.05, 0) is 12.1 Å². The summed E-state index contributed by atoms with van der Waals surface area (Å²) < 4.78 is 24.1. The number of nitrogens with two attached hydrogens (primary N) is 1. The molecule has 1 aromatic carbocycles. The Morgan fingerprint density at radius 2 is 1.79 bits per heavy atom. The van der Waals surface area contributed by atoms with Crippen LogP contribution >= 0.6 is 0 Å². The number of para-hydroxylation sites is 1. The number of anilines is 4. The Balaban J connectivity index is 2.26. The van der Waals surface area contributed by atoms with E-state index in [0.717, 1.165) is 0 Å². The van der Waals surface area contributed by atoms with E-state index < -0.39 is 0 Å². The molecule has 24 heavy (non-hydrogen) atoms. The molecule has 130 valence electrons. The standard InChI is InChI=1S/C16H22FN5O2/c1-23-9-7-22(8-10-24-2)16-14(18)15(19-11-20-16)21-13-6-4-3-5-12(13)17/h3-6,11H,7-10,18H2,1-2H3,(H,19,20,21). The van der Waals surface area contributed by atoms with Crippen LogP contribution in [0.4, 0.5) is 27.4 Å². The van der Waals surface area contributed by atoms with Crippen molar-refractivity contribution >= 4 is 23.0 Å². The van der Waals surface area contributed by atoms with Crippen LogP contribution in [0.2, 0.25) is 0 Å². The lowest BCUT2D eigenvalue weighted by Crippen LogP contribution is -2.32. The fourth-order valence-corrected chi connectivity index (χ4v) is 2.15. The summed E-state index contributed by atoms with van der Waals surface area (Å²) in [6.07, 6.45) is 1.39. The summed E-state index contributed by atoms with van der Waals surface area (Å²) in [5, 5.41) is 2.91. The van der Waals surface area contributed by atoms with E-state index in [9.17, 15) is 4.39 Å². The molecule has 0 atom stereocenters. The molecule has 0 saturated heterocycles. The molecular weight excluding hydrogens is 313 g/mol. The number of nitrogen functional groups attached to an aromatic ring is 1. The predicted octanol–water partition coefficient (Wildman–Crippen LogP) is 2.04. The first-order chi connectivity index (χ1) is 11.7. The van der Waals surface area contributed by atoms with Crippen LogP contribution in [0.5, 0.6) is 0 Å². The van der Waals surface area contributed by atoms with Crippen molar-refractivity contribution in [3.63, 3.8) is 0 Å². The molecule has 0 bridgehead atoms. The summed E-state index contributed by atoms with van der Waals surface area (Å²) in [6.45, 7) is 2.23. The second-order valence-electron chi connectivity index (χ2n) is 5.04. The van der Waals surface area contributed by atoms with Gasteiger partial charge in [0.25, 0.3) is 0 Å². The molecule has 0 saturated carbocycles. The van der Waals surface area contributed by atoms with E-state index in [1.54, 1.807) is 32.4 Å².